The SMILES string of the molecule is O=C(O)CCC(NC(=O)/C=C/c1ccco1)C(=O)O. The number of nitrogens with one attached hydrogen (secondary N) is 1. The average Bonchev–Trinajstić information content (AvgIpc) is 2.84. The van der Waals surface area contributed by atoms with Gasteiger partial charge < -0.3 is 19.9 Å². The van der Waals surface area contributed by atoms with Gasteiger partial charge in [-0.05, 0) is 24.6 Å². The molecule has 1 aromatic heterocycles. The zero-order valence-electron chi connectivity index (χ0n) is 9.91. The zero-order chi connectivity index (χ0) is 14.3. The van der Waals surface area contributed by atoms with Crippen LogP contribution in [-0.2, 0) is 14.4 Å². The van der Waals surface area contributed by atoms with Gasteiger partial charge in [0.1, 0.15) is 11.8 Å². The second kappa shape index (κ2) is 7.00. The summed E-state index contributed by atoms with van der Waals surface area (Å²) in [5.41, 5.74) is 0. The van der Waals surface area contributed by atoms with Crippen molar-refractivity contribution >= 4 is 23.9 Å². The van der Waals surface area contributed by atoms with E-state index in [0.29, 0.717) is 5.76 Å². The third kappa shape index (κ3) is 5.53. The van der Waals surface area contributed by atoms with E-state index in [1.807, 2.05) is 0 Å². The van der Waals surface area contributed by atoms with Crippen molar-refractivity contribution in [3.63, 3.8) is 0 Å². The molecular weight excluding hydrogens is 254 g/mol. The predicted octanol–water partition coefficient (Wildman–Crippen LogP) is 0.727. The molecule has 0 aliphatic rings. The summed E-state index contributed by atoms with van der Waals surface area (Å²) in [5.74, 6) is -2.57. The van der Waals surface area contributed by atoms with Crippen molar-refractivity contribution in [2.75, 3.05) is 0 Å². The molecule has 0 bridgehead atoms. The highest BCUT2D eigenvalue weighted by Crippen LogP contribution is 2.03. The molecule has 0 saturated carbocycles. The maximum absolute atomic E-state index is 11.4. The average molecular weight is 267 g/mol. The first-order valence-corrected chi connectivity index (χ1v) is 5.45. The predicted molar refractivity (Wildman–Crippen MR) is 64.2 cm³/mol. The number of carboxylic acids is 2. The largest absolute Gasteiger partial charge is 0.481 e. The summed E-state index contributed by atoms with van der Waals surface area (Å²) in [7, 11) is 0. The van der Waals surface area contributed by atoms with Crippen molar-refractivity contribution in [3.05, 3.63) is 30.2 Å². The van der Waals surface area contributed by atoms with Crippen LogP contribution in [0.5, 0.6) is 0 Å². The normalized spacial score (nSPS) is 12.2. The number of hydrogen-bond acceptors (Lipinski definition) is 4. The van der Waals surface area contributed by atoms with E-state index in [-0.39, 0.29) is 12.8 Å². The van der Waals surface area contributed by atoms with E-state index in [9.17, 15) is 14.4 Å². The number of carboxylic acid groups (broad SMARTS) is 2. The summed E-state index contributed by atoms with van der Waals surface area (Å²) >= 11 is 0. The fraction of sp³-hybridized carbons (Fsp3) is 0.250. The summed E-state index contributed by atoms with van der Waals surface area (Å²) in [6.45, 7) is 0. The molecule has 1 atom stereocenters. The fourth-order valence-corrected chi connectivity index (χ4v) is 1.29. The van der Waals surface area contributed by atoms with Gasteiger partial charge in [-0.15, -0.1) is 0 Å². The zero-order valence-corrected chi connectivity index (χ0v) is 9.91. The topological polar surface area (TPSA) is 117 Å². The lowest BCUT2D eigenvalue weighted by atomic mass is 10.1. The Morgan fingerprint density at radius 1 is 1.37 bits per heavy atom. The van der Waals surface area contributed by atoms with Crippen molar-refractivity contribution in [1.29, 1.82) is 0 Å². The quantitative estimate of drug-likeness (QED) is 0.627. The molecule has 0 saturated heterocycles. The summed E-state index contributed by atoms with van der Waals surface area (Å²) < 4.78 is 4.95. The fourth-order valence-electron chi connectivity index (χ4n) is 1.29. The van der Waals surface area contributed by atoms with Crippen LogP contribution in [0.4, 0.5) is 0 Å². The monoisotopic (exact) mass is 267 g/mol. The van der Waals surface area contributed by atoms with Gasteiger partial charge in [0.15, 0.2) is 0 Å². The molecule has 19 heavy (non-hydrogen) atoms. The Morgan fingerprint density at radius 3 is 2.63 bits per heavy atom. The third-order valence-corrected chi connectivity index (χ3v) is 2.20. The molecular formula is C12H13NO6. The van der Waals surface area contributed by atoms with Crippen LogP contribution < -0.4 is 5.32 Å². The molecule has 7 heteroatoms. The van der Waals surface area contributed by atoms with Crippen molar-refractivity contribution in [3.8, 4) is 0 Å². The number of aliphatic carboxylic acids is 2. The molecule has 0 aliphatic carbocycles. The second-order valence-electron chi connectivity index (χ2n) is 3.68. The lowest BCUT2D eigenvalue weighted by molar-refractivity contribution is -0.142. The third-order valence-electron chi connectivity index (χ3n) is 2.20. The standard InChI is InChI=1S/C12H13NO6/c14-10(5-3-8-2-1-7-19-8)13-9(12(17)18)4-6-11(15)16/h1-3,5,7,9H,4,6H2,(H,13,14)(H,15,16)(H,17,18)/b5-3+. The molecule has 102 valence electrons. The minimum Gasteiger partial charge on any atom is -0.481 e. The van der Waals surface area contributed by atoms with E-state index in [4.69, 9.17) is 14.6 Å². The lowest BCUT2D eigenvalue weighted by Gasteiger charge is -2.11. The Kier molecular flexibility index (Phi) is 5.34. The Labute approximate surface area is 108 Å². The number of carbonyl (C=O) groups excluding carboxylic acids is 1. The highest BCUT2D eigenvalue weighted by molar-refractivity contribution is 5.94. The minimum absolute atomic E-state index is 0.176. The Morgan fingerprint density at radius 2 is 2.11 bits per heavy atom. The number of hydrogen-bond donors (Lipinski definition) is 3. The highest BCUT2D eigenvalue weighted by Gasteiger charge is 2.19. The van der Waals surface area contributed by atoms with Gasteiger partial charge in [-0.1, -0.05) is 0 Å². The van der Waals surface area contributed by atoms with Gasteiger partial charge in [0.25, 0.3) is 0 Å². The molecule has 1 aromatic rings. The van der Waals surface area contributed by atoms with Gasteiger partial charge in [-0.2, -0.15) is 0 Å². The van der Waals surface area contributed by atoms with Crippen molar-refractivity contribution in [1.82, 2.24) is 5.32 Å². The molecule has 1 amide bonds. The summed E-state index contributed by atoms with van der Waals surface area (Å²) in [4.78, 5) is 32.6. The van der Waals surface area contributed by atoms with Gasteiger partial charge in [0.2, 0.25) is 5.91 Å². The van der Waals surface area contributed by atoms with Crippen LogP contribution in [0.2, 0.25) is 0 Å². The first-order valence-electron chi connectivity index (χ1n) is 5.45. The molecule has 0 fully saturated rings. The number of carbonyl (C=O) groups is 3. The van der Waals surface area contributed by atoms with Crippen molar-refractivity contribution in [2.24, 2.45) is 0 Å². The summed E-state index contributed by atoms with van der Waals surface area (Å²) in [6.07, 6.45) is 3.43. The first-order chi connectivity index (χ1) is 8.99. The van der Waals surface area contributed by atoms with Crippen LogP contribution in [-0.4, -0.2) is 34.1 Å². The van der Waals surface area contributed by atoms with E-state index in [1.54, 1.807) is 12.1 Å². The van der Waals surface area contributed by atoms with E-state index in [2.05, 4.69) is 5.32 Å². The van der Waals surface area contributed by atoms with Gasteiger partial charge in [-0.3, -0.25) is 9.59 Å². The molecule has 7 nitrogen and oxygen atoms in total. The van der Waals surface area contributed by atoms with E-state index >= 15 is 0 Å². The van der Waals surface area contributed by atoms with Gasteiger partial charge in [-0.25, -0.2) is 4.79 Å². The molecule has 1 rings (SSSR count). The van der Waals surface area contributed by atoms with Crippen molar-refractivity contribution < 1.29 is 29.0 Å². The number of amides is 1. The molecule has 3 N–H and O–H groups in total. The summed E-state index contributed by atoms with van der Waals surface area (Å²) in [5, 5.41) is 19.5. The second-order valence-corrected chi connectivity index (χ2v) is 3.68. The maximum atomic E-state index is 11.4. The molecule has 0 radical (unpaired) electrons. The van der Waals surface area contributed by atoms with Crippen LogP contribution >= 0.6 is 0 Å². The lowest BCUT2D eigenvalue weighted by Crippen LogP contribution is -2.40. The van der Waals surface area contributed by atoms with Crippen LogP contribution in [0.3, 0.4) is 0 Å². The molecule has 0 spiro atoms. The van der Waals surface area contributed by atoms with Crippen molar-refractivity contribution in [2.45, 2.75) is 18.9 Å². The van der Waals surface area contributed by atoms with Gasteiger partial charge >= 0.3 is 11.9 Å². The van der Waals surface area contributed by atoms with Gasteiger partial charge in [0, 0.05) is 12.5 Å². The minimum atomic E-state index is -1.28. The molecule has 1 heterocycles. The number of furan rings is 1. The van der Waals surface area contributed by atoms with Crippen LogP contribution in [0.15, 0.2) is 28.9 Å². The van der Waals surface area contributed by atoms with E-state index in [0.717, 1.165) is 6.08 Å². The van der Waals surface area contributed by atoms with Crippen LogP contribution in [0.1, 0.15) is 18.6 Å². The van der Waals surface area contributed by atoms with Crippen LogP contribution in [0.25, 0.3) is 6.08 Å². The first kappa shape index (κ1) is 14.5. The van der Waals surface area contributed by atoms with Gasteiger partial charge in [0.05, 0.1) is 6.26 Å². The Balaban J connectivity index is 2.51. The maximum Gasteiger partial charge on any atom is 0.326 e. The van der Waals surface area contributed by atoms with E-state index in [1.165, 1.54) is 12.3 Å². The summed E-state index contributed by atoms with van der Waals surface area (Å²) in [6, 6.07) is 2.04. The molecule has 0 aliphatic heterocycles. The molecule has 1 unspecified atom stereocenters. The Bertz CT molecular complexity index is 476. The number of rotatable bonds is 7. The smallest absolute Gasteiger partial charge is 0.326 e. The van der Waals surface area contributed by atoms with Crippen LogP contribution in [0, 0.1) is 0 Å². The Hall–Kier alpha value is -2.57. The highest BCUT2D eigenvalue weighted by atomic mass is 16.4. The van der Waals surface area contributed by atoms with E-state index < -0.39 is 23.9 Å². The molecule has 0 aromatic carbocycles.